The number of anilines is 1. The number of hydrogen-bond acceptors (Lipinski definition) is 4. The maximum atomic E-state index is 13.2. The maximum Gasteiger partial charge on any atom is 0.130 e. The molecule has 3 nitrogen and oxygen atoms in total. The zero-order valence-corrected chi connectivity index (χ0v) is 16.0. The number of nitrogens with zero attached hydrogens (tertiary/aromatic N) is 1. The number of pyridine rings is 1. The van der Waals surface area contributed by atoms with Crippen molar-refractivity contribution >= 4 is 44.0 Å². The SMILES string of the molecule is C=C(SC(C)=N)c1ccc2cnc(N/C(=C/C)c3ccc(F)cc3)cc2c1.[HH]. The Labute approximate surface area is 164 Å². The molecule has 27 heavy (non-hydrogen) atoms. The van der Waals surface area contributed by atoms with E-state index in [2.05, 4.69) is 16.9 Å². The average Bonchev–Trinajstić information content (AvgIpc) is 2.65. The summed E-state index contributed by atoms with van der Waals surface area (Å²) >= 11 is 1.35. The molecule has 3 aromatic rings. The summed E-state index contributed by atoms with van der Waals surface area (Å²) < 4.78 is 13.2. The zero-order valence-electron chi connectivity index (χ0n) is 15.2. The van der Waals surface area contributed by atoms with Crippen LogP contribution in [0.2, 0.25) is 0 Å². The Morgan fingerprint density at radius 3 is 2.52 bits per heavy atom. The van der Waals surface area contributed by atoms with Crippen LogP contribution in [0.1, 0.15) is 26.4 Å². The number of thioether (sulfide) groups is 1. The number of halogens is 1. The van der Waals surface area contributed by atoms with Gasteiger partial charge in [0.05, 0.1) is 5.04 Å². The molecule has 1 heterocycles. The molecule has 0 aliphatic heterocycles. The number of hydrogen-bond donors (Lipinski definition) is 2. The predicted octanol–water partition coefficient (Wildman–Crippen LogP) is 6.79. The summed E-state index contributed by atoms with van der Waals surface area (Å²) in [6.45, 7) is 7.72. The van der Waals surface area contributed by atoms with E-state index in [0.29, 0.717) is 10.9 Å². The Balaban J connectivity index is 0.00000280. The molecule has 0 aliphatic carbocycles. The Morgan fingerprint density at radius 2 is 1.85 bits per heavy atom. The van der Waals surface area contributed by atoms with Crippen LogP contribution in [-0.2, 0) is 0 Å². The van der Waals surface area contributed by atoms with E-state index in [9.17, 15) is 4.39 Å². The fraction of sp³-hybridized carbons (Fsp3) is 0.0909. The Kier molecular flexibility index (Phi) is 5.72. The lowest BCUT2D eigenvalue weighted by atomic mass is 10.1. The van der Waals surface area contributed by atoms with Crippen LogP contribution in [0, 0.1) is 11.2 Å². The lowest BCUT2D eigenvalue weighted by Crippen LogP contribution is -2.00. The van der Waals surface area contributed by atoms with Gasteiger partial charge in [0.2, 0.25) is 0 Å². The van der Waals surface area contributed by atoms with E-state index in [1.54, 1.807) is 19.1 Å². The van der Waals surface area contributed by atoms with Gasteiger partial charge in [-0.2, -0.15) is 0 Å². The van der Waals surface area contributed by atoms with Gasteiger partial charge in [0.15, 0.2) is 0 Å². The Bertz CT molecular complexity index is 1050. The van der Waals surface area contributed by atoms with E-state index >= 15 is 0 Å². The van der Waals surface area contributed by atoms with Crippen molar-refractivity contribution in [3.8, 4) is 0 Å². The summed E-state index contributed by atoms with van der Waals surface area (Å²) in [6, 6.07) is 14.4. The molecule has 0 spiro atoms. The Hall–Kier alpha value is -2.92. The first-order valence-electron chi connectivity index (χ1n) is 8.47. The van der Waals surface area contributed by atoms with Crippen molar-refractivity contribution in [3.05, 3.63) is 84.3 Å². The highest BCUT2D eigenvalue weighted by molar-refractivity contribution is 8.21. The van der Waals surface area contributed by atoms with Crippen molar-refractivity contribution in [2.75, 3.05) is 5.32 Å². The van der Waals surface area contributed by atoms with Crippen LogP contribution >= 0.6 is 11.8 Å². The molecule has 138 valence electrons. The quantitative estimate of drug-likeness (QED) is 0.379. The second kappa shape index (κ2) is 8.18. The molecular weight excluding hydrogens is 357 g/mol. The summed E-state index contributed by atoms with van der Waals surface area (Å²) in [5.74, 6) is 0.447. The fourth-order valence-electron chi connectivity index (χ4n) is 2.70. The fourth-order valence-corrected chi connectivity index (χ4v) is 3.32. The van der Waals surface area contributed by atoms with Crippen molar-refractivity contribution in [1.29, 1.82) is 5.41 Å². The normalized spacial score (nSPS) is 11.4. The van der Waals surface area contributed by atoms with Crippen molar-refractivity contribution in [2.45, 2.75) is 13.8 Å². The van der Waals surface area contributed by atoms with Crippen LogP contribution in [0.4, 0.5) is 10.2 Å². The van der Waals surface area contributed by atoms with Gasteiger partial charge >= 0.3 is 0 Å². The minimum atomic E-state index is -0.260. The van der Waals surface area contributed by atoms with Crippen molar-refractivity contribution in [2.24, 2.45) is 0 Å². The van der Waals surface area contributed by atoms with E-state index in [1.165, 1.54) is 23.9 Å². The van der Waals surface area contributed by atoms with Crippen LogP contribution in [0.25, 0.3) is 21.4 Å². The minimum absolute atomic E-state index is 0. The van der Waals surface area contributed by atoms with Gasteiger partial charge in [0.25, 0.3) is 0 Å². The highest BCUT2D eigenvalue weighted by Crippen LogP contribution is 2.29. The molecule has 0 bridgehead atoms. The number of rotatable bonds is 5. The predicted molar refractivity (Wildman–Crippen MR) is 118 cm³/mol. The van der Waals surface area contributed by atoms with Gasteiger partial charge < -0.3 is 5.32 Å². The molecule has 0 aliphatic rings. The maximum absolute atomic E-state index is 13.2. The van der Waals surface area contributed by atoms with Gasteiger partial charge in [-0.1, -0.05) is 48.7 Å². The number of benzene rings is 2. The second-order valence-electron chi connectivity index (χ2n) is 6.05. The molecule has 2 aromatic carbocycles. The summed E-state index contributed by atoms with van der Waals surface area (Å²) in [4.78, 5) is 5.32. The molecular formula is C22H22FN3S. The molecule has 5 heteroatoms. The van der Waals surface area contributed by atoms with Gasteiger partial charge in [-0.25, -0.2) is 9.37 Å². The van der Waals surface area contributed by atoms with Gasteiger partial charge in [0.1, 0.15) is 11.6 Å². The zero-order chi connectivity index (χ0) is 19.4. The molecule has 0 radical (unpaired) electrons. The van der Waals surface area contributed by atoms with Gasteiger partial charge in [-0.3, -0.25) is 5.41 Å². The van der Waals surface area contributed by atoms with Crippen LogP contribution in [0.5, 0.6) is 0 Å². The highest BCUT2D eigenvalue weighted by atomic mass is 32.2. The monoisotopic (exact) mass is 379 g/mol. The first-order valence-corrected chi connectivity index (χ1v) is 9.29. The highest BCUT2D eigenvalue weighted by Gasteiger charge is 2.06. The standard InChI is InChI=1S/C22H20FN3S.H2/c1-4-21(16-7-9-20(23)10-8-16)26-22-12-19-11-17(14(2)27-15(3)24)5-6-18(19)13-25-22;/h4-13,24H,2H2,1,3H3,(H,25,26);1H/b21-4+,24-15?;. The molecule has 1 aromatic heterocycles. The van der Waals surface area contributed by atoms with Gasteiger partial charge in [-0.05, 0) is 54.6 Å². The molecule has 0 amide bonds. The minimum Gasteiger partial charge on any atom is -0.340 e. The smallest absolute Gasteiger partial charge is 0.130 e. The summed E-state index contributed by atoms with van der Waals surface area (Å²) in [6.07, 6.45) is 3.75. The summed E-state index contributed by atoms with van der Waals surface area (Å²) in [7, 11) is 0. The van der Waals surface area contributed by atoms with Crippen molar-refractivity contribution in [1.82, 2.24) is 4.98 Å². The third-order valence-corrected chi connectivity index (χ3v) is 4.81. The molecule has 0 atom stereocenters. The number of nitrogens with one attached hydrogen (secondary N) is 2. The molecule has 0 saturated heterocycles. The largest absolute Gasteiger partial charge is 0.340 e. The van der Waals surface area contributed by atoms with E-state index < -0.39 is 0 Å². The molecule has 0 saturated carbocycles. The molecule has 0 unspecified atom stereocenters. The van der Waals surface area contributed by atoms with Gasteiger partial charge in [-0.15, -0.1) is 0 Å². The van der Waals surface area contributed by atoms with Crippen LogP contribution < -0.4 is 5.32 Å². The Morgan fingerprint density at radius 1 is 1.15 bits per heavy atom. The van der Waals surface area contributed by atoms with Crippen molar-refractivity contribution in [3.63, 3.8) is 0 Å². The first kappa shape index (κ1) is 18.9. The van der Waals surface area contributed by atoms with Crippen LogP contribution in [-0.4, -0.2) is 10.0 Å². The van der Waals surface area contributed by atoms with E-state index in [0.717, 1.165) is 32.5 Å². The first-order chi connectivity index (χ1) is 13.0. The lowest BCUT2D eigenvalue weighted by Gasteiger charge is -2.12. The summed E-state index contributed by atoms with van der Waals surface area (Å²) in [5.41, 5.74) is 2.74. The number of allylic oxidation sites excluding steroid dienone is 1. The van der Waals surface area contributed by atoms with Gasteiger partial charge in [0, 0.05) is 23.6 Å². The van der Waals surface area contributed by atoms with E-state index in [4.69, 9.17) is 5.41 Å². The molecule has 0 fully saturated rings. The van der Waals surface area contributed by atoms with E-state index in [1.807, 2.05) is 43.5 Å². The van der Waals surface area contributed by atoms with E-state index in [-0.39, 0.29) is 7.24 Å². The van der Waals surface area contributed by atoms with Crippen LogP contribution in [0.3, 0.4) is 0 Å². The second-order valence-corrected chi connectivity index (χ2v) is 7.36. The lowest BCUT2D eigenvalue weighted by molar-refractivity contribution is 0.627. The third-order valence-electron chi connectivity index (χ3n) is 4.03. The van der Waals surface area contributed by atoms with Crippen LogP contribution in [0.15, 0.2) is 67.4 Å². The molecule has 2 N–H and O–H groups in total. The summed E-state index contributed by atoms with van der Waals surface area (Å²) in [5, 5.41) is 13.5. The molecule has 3 rings (SSSR count). The number of fused-ring (bicyclic) bond motifs is 1. The third kappa shape index (κ3) is 4.63. The topological polar surface area (TPSA) is 48.8 Å². The average molecular weight is 380 g/mol. The number of aromatic nitrogens is 1. The van der Waals surface area contributed by atoms with Crippen molar-refractivity contribution < 1.29 is 5.82 Å².